The third-order valence-electron chi connectivity index (χ3n) is 3.09. The lowest BCUT2D eigenvalue weighted by Crippen LogP contribution is -1.81. The maximum Gasteiger partial charge on any atom is 0.135 e. The Balaban J connectivity index is 2.07. The predicted molar refractivity (Wildman–Crippen MR) is 75.5 cm³/mol. The Hall–Kier alpha value is -2.28. The van der Waals surface area contributed by atoms with Crippen molar-refractivity contribution in [1.82, 2.24) is 0 Å². The van der Waals surface area contributed by atoms with Crippen LogP contribution in [0.25, 0.3) is 16.5 Å². The van der Waals surface area contributed by atoms with E-state index in [9.17, 15) is 0 Å². The van der Waals surface area contributed by atoms with Gasteiger partial charge in [0.05, 0.1) is 0 Å². The smallest absolute Gasteiger partial charge is 0.135 e. The molecule has 0 spiro atoms. The van der Waals surface area contributed by atoms with Crippen molar-refractivity contribution < 1.29 is 4.42 Å². The minimum atomic E-state index is 0.835. The van der Waals surface area contributed by atoms with Gasteiger partial charge >= 0.3 is 0 Å². The summed E-state index contributed by atoms with van der Waals surface area (Å²) in [5, 5.41) is 1.13. The molecule has 0 unspecified atom stereocenters. The highest BCUT2D eigenvalue weighted by Gasteiger charge is 2.08. The van der Waals surface area contributed by atoms with Gasteiger partial charge in [-0.2, -0.15) is 0 Å². The zero-order chi connectivity index (χ0) is 12.5. The Labute approximate surface area is 106 Å². The second kappa shape index (κ2) is 4.19. The zero-order valence-electron chi connectivity index (χ0n) is 10.3. The molecule has 0 aliphatic rings. The molecule has 3 rings (SSSR count). The SMILES string of the molecule is C=C(c1ccccc1)c1cc2cc(C)ccc2o1. The molecule has 0 aliphatic heterocycles. The number of rotatable bonds is 2. The number of hydrogen-bond acceptors (Lipinski definition) is 1. The highest BCUT2D eigenvalue weighted by atomic mass is 16.3. The third-order valence-corrected chi connectivity index (χ3v) is 3.09. The fourth-order valence-electron chi connectivity index (χ4n) is 2.09. The number of hydrogen-bond donors (Lipinski definition) is 0. The van der Waals surface area contributed by atoms with Crippen LogP contribution in [0.1, 0.15) is 16.9 Å². The van der Waals surface area contributed by atoms with Crippen LogP contribution in [0, 0.1) is 6.92 Å². The molecule has 0 aliphatic carbocycles. The number of fused-ring (bicyclic) bond motifs is 1. The Morgan fingerprint density at radius 2 is 1.78 bits per heavy atom. The minimum absolute atomic E-state index is 0.835. The first-order valence-electron chi connectivity index (χ1n) is 5.99. The summed E-state index contributed by atoms with van der Waals surface area (Å²) in [6.45, 7) is 6.20. The van der Waals surface area contributed by atoms with E-state index >= 15 is 0 Å². The van der Waals surface area contributed by atoms with Gasteiger partial charge in [-0.15, -0.1) is 0 Å². The normalized spacial score (nSPS) is 10.7. The van der Waals surface area contributed by atoms with Gasteiger partial charge in [0.25, 0.3) is 0 Å². The Morgan fingerprint density at radius 3 is 2.56 bits per heavy atom. The number of furan rings is 1. The molecule has 0 fully saturated rings. The monoisotopic (exact) mass is 234 g/mol. The molecule has 0 atom stereocenters. The number of benzene rings is 2. The van der Waals surface area contributed by atoms with Crippen molar-refractivity contribution in [2.45, 2.75) is 6.92 Å². The Kier molecular flexibility index (Phi) is 2.52. The average Bonchev–Trinajstić information content (AvgIpc) is 2.81. The molecular weight excluding hydrogens is 220 g/mol. The van der Waals surface area contributed by atoms with Gasteiger partial charge in [0.15, 0.2) is 0 Å². The highest BCUT2D eigenvalue weighted by molar-refractivity contribution is 5.85. The molecule has 1 aromatic heterocycles. The summed E-state index contributed by atoms with van der Waals surface area (Å²) in [6, 6.07) is 18.3. The first kappa shape index (κ1) is 10.8. The molecular formula is C17H14O. The van der Waals surface area contributed by atoms with Crippen LogP contribution in [0.4, 0.5) is 0 Å². The molecule has 1 heterocycles. The average molecular weight is 234 g/mol. The maximum absolute atomic E-state index is 5.84. The molecule has 0 bridgehead atoms. The standard InChI is InChI=1S/C17H14O/c1-12-8-9-16-15(10-12)11-17(18-16)13(2)14-6-4-3-5-7-14/h3-11H,2H2,1H3. The van der Waals surface area contributed by atoms with Crippen LogP contribution < -0.4 is 0 Å². The molecule has 18 heavy (non-hydrogen) atoms. The van der Waals surface area contributed by atoms with E-state index < -0.39 is 0 Å². The molecule has 1 heteroatoms. The van der Waals surface area contributed by atoms with Crippen LogP contribution in [-0.2, 0) is 0 Å². The fourth-order valence-corrected chi connectivity index (χ4v) is 2.09. The van der Waals surface area contributed by atoms with E-state index in [4.69, 9.17) is 4.42 Å². The summed E-state index contributed by atoms with van der Waals surface area (Å²) >= 11 is 0. The molecule has 2 aromatic carbocycles. The van der Waals surface area contributed by atoms with Crippen LogP contribution >= 0.6 is 0 Å². The maximum atomic E-state index is 5.84. The first-order chi connectivity index (χ1) is 8.74. The summed E-state index contributed by atoms with van der Waals surface area (Å²) in [5.74, 6) is 0.835. The van der Waals surface area contributed by atoms with Gasteiger partial charge in [0.1, 0.15) is 11.3 Å². The van der Waals surface area contributed by atoms with Crippen molar-refractivity contribution in [1.29, 1.82) is 0 Å². The van der Waals surface area contributed by atoms with Crippen LogP contribution in [-0.4, -0.2) is 0 Å². The highest BCUT2D eigenvalue weighted by Crippen LogP contribution is 2.28. The predicted octanol–water partition coefficient (Wildman–Crippen LogP) is 4.80. The topological polar surface area (TPSA) is 13.1 Å². The Bertz CT molecular complexity index is 705. The van der Waals surface area contributed by atoms with E-state index in [0.29, 0.717) is 0 Å². The van der Waals surface area contributed by atoms with Gasteiger partial charge in [-0.05, 0) is 30.7 Å². The van der Waals surface area contributed by atoms with Gasteiger partial charge in [-0.1, -0.05) is 48.5 Å². The van der Waals surface area contributed by atoms with Gasteiger partial charge in [0, 0.05) is 11.0 Å². The van der Waals surface area contributed by atoms with Crippen molar-refractivity contribution in [3.8, 4) is 0 Å². The summed E-state index contributed by atoms with van der Waals surface area (Å²) in [7, 11) is 0. The Morgan fingerprint density at radius 1 is 1.00 bits per heavy atom. The quantitative estimate of drug-likeness (QED) is 0.620. The summed E-state index contributed by atoms with van der Waals surface area (Å²) in [5.41, 5.74) is 4.16. The van der Waals surface area contributed by atoms with Crippen molar-refractivity contribution in [2.75, 3.05) is 0 Å². The zero-order valence-corrected chi connectivity index (χ0v) is 10.3. The van der Waals surface area contributed by atoms with Gasteiger partial charge in [-0.25, -0.2) is 0 Å². The van der Waals surface area contributed by atoms with Crippen molar-refractivity contribution >= 4 is 16.5 Å². The number of aryl methyl sites for hydroxylation is 1. The third kappa shape index (κ3) is 1.84. The van der Waals surface area contributed by atoms with E-state index in [1.54, 1.807) is 0 Å². The molecule has 0 saturated heterocycles. The van der Waals surface area contributed by atoms with Crippen molar-refractivity contribution in [3.05, 3.63) is 78.1 Å². The van der Waals surface area contributed by atoms with Crippen LogP contribution in [0.15, 0.2) is 65.6 Å². The van der Waals surface area contributed by atoms with E-state index in [1.807, 2.05) is 36.4 Å². The second-order valence-electron chi connectivity index (χ2n) is 4.50. The molecule has 3 aromatic rings. The van der Waals surface area contributed by atoms with Crippen LogP contribution in [0.5, 0.6) is 0 Å². The lowest BCUT2D eigenvalue weighted by atomic mass is 10.1. The lowest BCUT2D eigenvalue weighted by molar-refractivity contribution is 0.600. The first-order valence-corrected chi connectivity index (χ1v) is 5.99. The van der Waals surface area contributed by atoms with Gasteiger partial charge in [0.2, 0.25) is 0 Å². The molecule has 0 saturated carbocycles. The molecule has 1 nitrogen and oxygen atoms in total. The van der Waals surface area contributed by atoms with Gasteiger partial charge < -0.3 is 4.42 Å². The van der Waals surface area contributed by atoms with Crippen molar-refractivity contribution in [3.63, 3.8) is 0 Å². The van der Waals surface area contributed by atoms with Crippen LogP contribution in [0.3, 0.4) is 0 Å². The van der Waals surface area contributed by atoms with Crippen molar-refractivity contribution in [2.24, 2.45) is 0 Å². The van der Waals surface area contributed by atoms with E-state index in [-0.39, 0.29) is 0 Å². The fraction of sp³-hybridized carbons (Fsp3) is 0.0588. The summed E-state index contributed by atoms with van der Waals surface area (Å²) in [6.07, 6.45) is 0. The molecule has 0 amide bonds. The molecule has 0 radical (unpaired) electrons. The molecule has 88 valence electrons. The van der Waals surface area contributed by atoms with Crippen LogP contribution in [0.2, 0.25) is 0 Å². The minimum Gasteiger partial charge on any atom is -0.456 e. The van der Waals surface area contributed by atoms with Gasteiger partial charge in [-0.3, -0.25) is 0 Å². The van der Waals surface area contributed by atoms with E-state index in [2.05, 4.69) is 31.7 Å². The largest absolute Gasteiger partial charge is 0.456 e. The lowest BCUT2D eigenvalue weighted by Gasteiger charge is -2.00. The second-order valence-corrected chi connectivity index (χ2v) is 4.50. The van der Waals surface area contributed by atoms with E-state index in [1.165, 1.54) is 5.56 Å². The summed E-state index contributed by atoms with van der Waals surface area (Å²) < 4.78 is 5.84. The van der Waals surface area contributed by atoms with E-state index in [0.717, 1.165) is 27.9 Å². The molecule has 0 N–H and O–H groups in total. The summed E-state index contributed by atoms with van der Waals surface area (Å²) in [4.78, 5) is 0.